The Kier molecular flexibility index (Phi) is 5.59. The molecule has 0 amide bonds. The molecule has 2 saturated heterocycles. The van der Waals surface area contributed by atoms with Crippen LogP contribution in [0.1, 0.15) is 5.56 Å². The molecular weight excluding hydrogens is 328 g/mol. The van der Waals surface area contributed by atoms with Crippen LogP contribution in [0.3, 0.4) is 0 Å². The van der Waals surface area contributed by atoms with Gasteiger partial charge in [0, 0.05) is 57.7 Å². The van der Waals surface area contributed by atoms with Crippen LogP contribution in [-0.4, -0.2) is 67.4 Å². The summed E-state index contributed by atoms with van der Waals surface area (Å²) in [5.74, 6) is 1.57. The number of ether oxygens (including phenoxy) is 1. The van der Waals surface area contributed by atoms with E-state index in [4.69, 9.17) is 4.74 Å². The predicted molar refractivity (Wildman–Crippen MR) is 103 cm³/mol. The minimum atomic E-state index is 0.732. The quantitative estimate of drug-likeness (QED) is 0.843. The van der Waals surface area contributed by atoms with Gasteiger partial charge in [0.2, 0.25) is 5.95 Å². The van der Waals surface area contributed by atoms with Gasteiger partial charge in [-0.1, -0.05) is 12.1 Å². The molecule has 0 unspecified atom stereocenters. The molecule has 2 aromatic rings. The minimum absolute atomic E-state index is 0.732. The molecule has 4 rings (SSSR count). The number of hydrogen-bond donors (Lipinski definition) is 2. The summed E-state index contributed by atoms with van der Waals surface area (Å²) >= 11 is 0. The van der Waals surface area contributed by atoms with E-state index in [-0.39, 0.29) is 0 Å². The third kappa shape index (κ3) is 4.49. The van der Waals surface area contributed by atoms with Crippen molar-refractivity contribution < 1.29 is 4.74 Å². The van der Waals surface area contributed by atoms with E-state index in [1.807, 2.05) is 6.07 Å². The lowest BCUT2D eigenvalue weighted by molar-refractivity contribution is 0.122. The van der Waals surface area contributed by atoms with E-state index in [2.05, 4.69) is 54.7 Å². The number of piperazine rings is 1. The Labute approximate surface area is 154 Å². The molecule has 2 N–H and O–H groups in total. The van der Waals surface area contributed by atoms with Crippen LogP contribution in [0.2, 0.25) is 0 Å². The van der Waals surface area contributed by atoms with E-state index >= 15 is 0 Å². The summed E-state index contributed by atoms with van der Waals surface area (Å²) in [7, 11) is 0. The molecule has 2 aliphatic rings. The van der Waals surface area contributed by atoms with E-state index < -0.39 is 0 Å². The summed E-state index contributed by atoms with van der Waals surface area (Å²) in [5.41, 5.74) is 2.38. The molecule has 0 radical (unpaired) electrons. The molecule has 0 bridgehead atoms. The molecule has 0 atom stereocenters. The van der Waals surface area contributed by atoms with Gasteiger partial charge in [0.15, 0.2) is 0 Å². The number of nitrogens with one attached hydrogen (secondary N) is 2. The smallest absolute Gasteiger partial charge is 0.227 e. The third-order valence-electron chi connectivity index (χ3n) is 4.78. The molecule has 0 spiro atoms. The molecule has 138 valence electrons. The van der Waals surface area contributed by atoms with Gasteiger partial charge in [0.05, 0.1) is 13.2 Å². The Balaban J connectivity index is 1.37. The normalized spacial score (nSPS) is 18.7. The van der Waals surface area contributed by atoms with Gasteiger partial charge >= 0.3 is 0 Å². The molecule has 26 heavy (non-hydrogen) atoms. The highest BCUT2D eigenvalue weighted by Gasteiger charge is 2.14. The van der Waals surface area contributed by atoms with E-state index in [1.54, 1.807) is 6.20 Å². The highest BCUT2D eigenvalue weighted by molar-refractivity contribution is 5.57. The van der Waals surface area contributed by atoms with Crippen molar-refractivity contribution in [3.8, 4) is 0 Å². The van der Waals surface area contributed by atoms with E-state index in [0.717, 1.165) is 76.5 Å². The lowest BCUT2D eigenvalue weighted by Crippen LogP contribution is -2.42. The summed E-state index contributed by atoms with van der Waals surface area (Å²) < 4.78 is 5.39. The Bertz CT molecular complexity index is 695. The number of anilines is 3. The molecule has 1 aromatic heterocycles. The van der Waals surface area contributed by atoms with E-state index in [1.165, 1.54) is 5.56 Å². The van der Waals surface area contributed by atoms with Crippen molar-refractivity contribution in [3.05, 3.63) is 42.1 Å². The Morgan fingerprint density at radius 2 is 1.77 bits per heavy atom. The first-order valence-electron chi connectivity index (χ1n) is 9.32. The number of hydrogen-bond acceptors (Lipinski definition) is 7. The van der Waals surface area contributed by atoms with Gasteiger partial charge in [-0.15, -0.1) is 0 Å². The monoisotopic (exact) mass is 354 g/mol. The maximum absolute atomic E-state index is 5.39. The van der Waals surface area contributed by atoms with Crippen LogP contribution in [0.5, 0.6) is 0 Å². The van der Waals surface area contributed by atoms with Crippen molar-refractivity contribution in [1.82, 2.24) is 20.2 Å². The predicted octanol–water partition coefficient (Wildman–Crippen LogP) is 1.46. The molecule has 0 aliphatic carbocycles. The van der Waals surface area contributed by atoms with Crippen LogP contribution >= 0.6 is 0 Å². The van der Waals surface area contributed by atoms with E-state index in [9.17, 15) is 0 Å². The summed E-state index contributed by atoms with van der Waals surface area (Å²) in [5, 5.41) is 6.77. The zero-order valence-corrected chi connectivity index (χ0v) is 15.0. The van der Waals surface area contributed by atoms with Crippen LogP contribution in [0.15, 0.2) is 36.5 Å². The Morgan fingerprint density at radius 3 is 2.54 bits per heavy atom. The molecule has 2 fully saturated rings. The lowest BCUT2D eigenvalue weighted by atomic mass is 10.2. The number of benzene rings is 1. The summed E-state index contributed by atoms with van der Waals surface area (Å²) in [6.45, 7) is 8.55. The van der Waals surface area contributed by atoms with Gasteiger partial charge in [-0.05, 0) is 23.8 Å². The Hall–Kier alpha value is -2.22. The maximum Gasteiger partial charge on any atom is 0.227 e. The van der Waals surface area contributed by atoms with Gasteiger partial charge in [-0.2, -0.15) is 4.98 Å². The lowest BCUT2D eigenvalue weighted by Gasteiger charge is -2.27. The maximum atomic E-state index is 5.39. The van der Waals surface area contributed by atoms with Crippen molar-refractivity contribution in [1.29, 1.82) is 0 Å². The van der Waals surface area contributed by atoms with Gasteiger partial charge < -0.3 is 20.3 Å². The summed E-state index contributed by atoms with van der Waals surface area (Å²) in [6, 6.07) is 10.5. The highest BCUT2D eigenvalue weighted by atomic mass is 16.5. The zero-order chi connectivity index (χ0) is 17.6. The second kappa shape index (κ2) is 8.44. The van der Waals surface area contributed by atoms with Gasteiger partial charge in [-0.25, -0.2) is 4.98 Å². The number of morpholine rings is 1. The Morgan fingerprint density at radius 1 is 1.00 bits per heavy atom. The molecule has 0 saturated carbocycles. The summed E-state index contributed by atoms with van der Waals surface area (Å²) in [4.78, 5) is 13.7. The SMILES string of the molecule is c1cc(Nc2ccc(CN3CCNCC3)cc2)nc(N2CCOCC2)n1. The van der Waals surface area contributed by atoms with Crippen molar-refractivity contribution in [2.24, 2.45) is 0 Å². The minimum Gasteiger partial charge on any atom is -0.378 e. The fourth-order valence-electron chi connectivity index (χ4n) is 3.30. The highest BCUT2D eigenvalue weighted by Crippen LogP contribution is 2.18. The second-order valence-electron chi connectivity index (χ2n) is 6.69. The fourth-order valence-corrected chi connectivity index (χ4v) is 3.30. The van der Waals surface area contributed by atoms with Crippen molar-refractivity contribution >= 4 is 17.5 Å². The van der Waals surface area contributed by atoms with Crippen LogP contribution < -0.4 is 15.5 Å². The van der Waals surface area contributed by atoms with Crippen molar-refractivity contribution in [2.75, 3.05) is 62.7 Å². The van der Waals surface area contributed by atoms with Crippen molar-refractivity contribution in [2.45, 2.75) is 6.54 Å². The van der Waals surface area contributed by atoms with Crippen LogP contribution in [0, 0.1) is 0 Å². The van der Waals surface area contributed by atoms with E-state index in [0.29, 0.717) is 0 Å². The largest absolute Gasteiger partial charge is 0.378 e. The fraction of sp³-hybridized carbons (Fsp3) is 0.474. The second-order valence-corrected chi connectivity index (χ2v) is 6.69. The standard InChI is InChI=1S/C19H26N6O/c1-3-17(4-2-16(1)15-24-9-7-20-8-10-24)22-18-5-6-21-19(23-18)25-11-13-26-14-12-25/h1-6,20H,7-15H2,(H,21,22,23). The molecule has 3 heterocycles. The first-order chi connectivity index (χ1) is 12.9. The first kappa shape index (κ1) is 17.2. The van der Waals surface area contributed by atoms with Crippen LogP contribution in [-0.2, 0) is 11.3 Å². The molecule has 1 aromatic carbocycles. The average molecular weight is 354 g/mol. The third-order valence-corrected chi connectivity index (χ3v) is 4.78. The topological polar surface area (TPSA) is 65.5 Å². The molecule has 7 heteroatoms. The number of rotatable bonds is 5. The van der Waals surface area contributed by atoms with Gasteiger partial charge in [-0.3, -0.25) is 4.90 Å². The van der Waals surface area contributed by atoms with Gasteiger partial charge in [0.1, 0.15) is 5.82 Å². The van der Waals surface area contributed by atoms with Crippen LogP contribution in [0.25, 0.3) is 0 Å². The molecule has 7 nitrogen and oxygen atoms in total. The first-order valence-corrected chi connectivity index (χ1v) is 9.32. The molecular formula is C19H26N6O. The zero-order valence-electron chi connectivity index (χ0n) is 15.0. The average Bonchev–Trinajstić information content (AvgIpc) is 2.71. The van der Waals surface area contributed by atoms with Crippen LogP contribution in [0.4, 0.5) is 17.5 Å². The van der Waals surface area contributed by atoms with Crippen molar-refractivity contribution in [3.63, 3.8) is 0 Å². The molecule has 2 aliphatic heterocycles. The van der Waals surface area contributed by atoms with Gasteiger partial charge in [0.25, 0.3) is 0 Å². The summed E-state index contributed by atoms with van der Waals surface area (Å²) in [6.07, 6.45) is 1.80. The number of nitrogens with zero attached hydrogens (tertiary/aromatic N) is 4. The number of aromatic nitrogens is 2.